The molecular weight excluding hydrogens is 299 g/mol. The Hall–Kier alpha value is -1.46. The Kier molecular flexibility index (Phi) is 4.28. The predicted octanol–water partition coefficient (Wildman–Crippen LogP) is 3.49. The first kappa shape index (κ1) is 13.0. The molecule has 1 aromatic heterocycles. The summed E-state index contributed by atoms with van der Waals surface area (Å²) < 4.78 is 20.1. The fraction of sp³-hybridized carbons (Fsp3) is 0.154. The van der Waals surface area contributed by atoms with E-state index in [1.54, 1.807) is 37.6 Å². The number of ether oxygens (including phenoxy) is 1. The zero-order chi connectivity index (χ0) is 13.0. The zero-order valence-electron chi connectivity index (χ0n) is 9.78. The molecule has 0 aliphatic carbocycles. The van der Waals surface area contributed by atoms with Crippen LogP contribution < -0.4 is 10.1 Å². The normalized spacial score (nSPS) is 10.4. The maximum atomic E-state index is 13.7. The van der Waals surface area contributed by atoms with E-state index in [0.717, 1.165) is 4.47 Å². The summed E-state index contributed by atoms with van der Waals surface area (Å²) in [5.41, 5.74) is 0.500. The van der Waals surface area contributed by atoms with Gasteiger partial charge in [0.2, 0.25) is 0 Å². The van der Waals surface area contributed by atoms with E-state index in [1.165, 1.54) is 6.07 Å². The van der Waals surface area contributed by atoms with Gasteiger partial charge in [0.1, 0.15) is 17.3 Å². The van der Waals surface area contributed by atoms with Crippen molar-refractivity contribution in [2.45, 2.75) is 6.54 Å². The van der Waals surface area contributed by atoms with E-state index in [-0.39, 0.29) is 5.82 Å². The highest BCUT2D eigenvalue weighted by atomic mass is 79.9. The number of pyridine rings is 1. The van der Waals surface area contributed by atoms with Gasteiger partial charge in [-0.1, -0.05) is 6.07 Å². The van der Waals surface area contributed by atoms with Gasteiger partial charge < -0.3 is 10.1 Å². The third-order valence-electron chi connectivity index (χ3n) is 2.34. The first-order chi connectivity index (χ1) is 8.70. The van der Waals surface area contributed by atoms with Crippen LogP contribution in [0.5, 0.6) is 11.5 Å². The lowest BCUT2D eigenvalue weighted by molar-refractivity contribution is 0.462. The lowest BCUT2D eigenvalue weighted by atomic mass is 10.2. The highest BCUT2D eigenvalue weighted by molar-refractivity contribution is 9.10. The van der Waals surface area contributed by atoms with Crippen LogP contribution in [0.1, 0.15) is 5.56 Å². The van der Waals surface area contributed by atoms with Gasteiger partial charge in [0.15, 0.2) is 0 Å². The maximum Gasteiger partial charge on any atom is 0.146 e. The molecule has 1 N–H and O–H groups in total. The third-order valence-corrected chi connectivity index (χ3v) is 2.77. The molecule has 0 aliphatic heterocycles. The lowest BCUT2D eigenvalue weighted by Crippen LogP contribution is -2.08. The average molecular weight is 311 g/mol. The highest BCUT2D eigenvalue weighted by Crippen LogP contribution is 2.28. The molecule has 2 aromatic rings. The van der Waals surface area contributed by atoms with Crippen LogP contribution in [0.15, 0.2) is 41.1 Å². The topological polar surface area (TPSA) is 34.1 Å². The Balaban J connectivity index is 2.31. The van der Waals surface area contributed by atoms with E-state index in [2.05, 4.69) is 26.2 Å². The summed E-state index contributed by atoms with van der Waals surface area (Å²) >= 11 is 3.31. The van der Waals surface area contributed by atoms with Gasteiger partial charge in [-0.15, -0.1) is 0 Å². The standard InChI is InChI=1S/C13H12BrFN2O/c1-16-8-11-12(15)3-2-4-13(11)18-10-5-9(14)6-17-7-10/h2-7,16H,8H2,1H3. The smallest absolute Gasteiger partial charge is 0.146 e. The van der Waals surface area contributed by atoms with Crippen molar-refractivity contribution in [3.8, 4) is 11.5 Å². The minimum absolute atomic E-state index is 0.287. The highest BCUT2D eigenvalue weighted by Gasteiger charge is 2.09. The number of hydrogen-bond acceptors (Lipinski definition) is 3. The molecule has 5 heteroatoms. The molecule has 0 spiro atoms. The minimum atomic E-state index is -0.287. The fourth-order valence-electron chi connectivity index (χ4n) is 1.56. The van der Waals surface area contributed by atoms with E-state index in [0.29, 0.717) is 23.6 Å². The van der Waals surface area contributed by atoms with Crippen molar-refractivity contribution in [3.63, 3.8) is 0 Å². The van der Waals surface area contributed by atoms with Crippen molar-refractivity contribution < 1.29 is 9.13 Å². The number of nitrogens with one attached hydrogen (secondary N) is 1. The van der Waals surface area contributed by atoms with Crippen molar-refractivity contribution in [1.82, 2.24) is 10.3 Å². The monoisotopic (exact) mass is 310 g/mol. The molecule has 0 radical (unpaired) electrons. The van der Waals surface area contributed by atoms with Crippen molar-refractivity contribution >= 4 is 15.9 Å². The molecule has 0 saturated carbocycles. The molecule has 0 atom stereocenters. The lowest BCUT2D eigenvalue weighted by Gasteiger charge is -2.11. The Labute approximate surface area is 113 Å². The van der Waals surface area contributed by atoms with Gasteiger partial charge in [0.05, 0.1) is 6.20 Å². The number of benzene rings is 1. The zero-order valence-corrected chi connectivity index (χ0v) is 11.4. The first-order valence-electron chi connectivity index (χ1n) is 5.41. The number of rotatable bonds is 4. The first-order valence-corrected chi connectivity index (χ1v) is 6.20. The molecule has 0 aliphatic rings. The van der Waals surface area contributed by atoms with E-state index in [9.17, 15) is 4.39 Å². The maximum absolute atomic E-state index is 13.7. The molecule has 94 valence electrons. The van der Waals surface area contributed by atoms with E-state index >= 15 is 0 Å². The number of hydrogen-bond donors (Lipinski definition) is 1. The fourth-order valence-corrected chi connectivity index (χ4v) is 1.90. The minimum Gasteiger partial charge on any atom is -0.455 e. The van der Waals surface area contributed by atoms with Gasteiger partial charge in [0.25, 0.3) is 0 Å². The molecular formula is C13H12BrFN2O. The van der Waals surface area contributed by atoms with Crippen LogP contribution in [0.25, 0.3) is 0 Å². The van der Waals surface area contributed by atoms with E-state index < -0.39 is 0 Å². The summed E-state index contributed by atoms with van der Waals surface area (Å²) in [5, 5.41) is 2.92. The molecule has 3 nitrogen and oxygen atoms in total. The van der Waals surface area contributed by atoms with Crippen LogP contribution in [-0.4, -0.2) is 12.0 Å². The van der Waals surface area contributed by atoms with Crippen LogP contribution in [0.3, 0.4) is 0 Å². The molecule has 18 heavy (non-hydrogen) atoms. The SMILES string of the molecule is CNCc1c(F)cccc1Oc1cncc(Br)c1. The van der Waals surface area contributed by atoms with Crippen LogP contribution in [0.2, 0.25) is 0 Å². The summed E-state index contributed by atoms with van der Waals surface area (Å²) in [4.78, 5) is 4.00. The summed E-state index contributed by atoms with van der Waals surface area (Å²) in [6.45, 7) is 0.406. The molecule has 0 fully saturated rings. The van der Waals surface area contributed by atoms with Gasteiger partial charge in [0, 0.05) is 22.8 Å². The van der Waals surface area contributed by atoms with Gasteiger partial charge >= 0.3 is 0 Å². The van der Waals surface area contributed by atoms with E-state index in [1.807, 2.05) is 0 Å². The van der Waals surface area contributed by atoms with Gasteiger partial charge in [-0.25, -0.2) is 4.39 Å². The number of nitrogens with zero attached hydrogens (tertiary/aromatic N) is 1. The van der Waals surface area contributed by atoms with Gasteiger partial charge in [-0.3, -0.25) is 4.98 Å². The van der Waals surface area contributed by atoms with E-state index in [4.69, 9.17) is 4.74 Å². The molecule has 0 unspecified atom stereocenters. The Morgan fingerprint density at radius 3 is 2.94 bits per heavy atom. The summed E-state index contributed by atoms with van der Waals surface area (Å²) in [6, 6.07) is 6.55. The summed E-state index contributed by atoms with van der Waals surface area (Å²) in [6.07, 6.45) is 3.24. The number of halogens is 2. The summed E-state index contributed by atoms with van der Waals surface area (Å²) in [5.74, 6) is 0.765. The summed E-state index contributed by atoms with van der Waals surface area (Å²) in [7, 11) is 1.76. The largest absolute Gasteiger partial charge is 0.455 e. The van der Waals surface area contributed by atoms with Crippen LogP contribution >= 0.6 is 15.9 Å². The third kappa shape index (κ3) is 3.05. The van der Waals surface area contributed by atoms with Crippen LogP contribution in [0.4, 0.5) is 4.39 Å². The second-order valence-corrected chi connectivity index (χ2v) is 4.60. The molecule has 0 bridgehead atoms. The molecule has 0 amide bonds. The second-order valence-electron chi connectivity index (χ2n) is 3.69. The predicted molar refractivity (Wildman–Crippen MR) is 71.2 cm³/mol. The molecule has 0 saturated heterocycles. The van der Waals surface area contributed by atoms with Gasteiger partial charge in [-0.05, 0) is 41.2 Å². The quantitative estimate of drug-likeness (QED) is 0.938. The van der Waals surface area contributed by atoms with Crippen LogP contribution in [0, 0.1) is 5.82 Å². The Bertz CT molecular complexity index is 548. The van der Waals surface area contributed by atoms with Crippen LogP contribution in [-0.2, 0) is 6.54 Å². The Morgan fingerprint density at radius 2 is 2.22 bits per heavy atom. The van der Waals surface area contributed by atoms with Crippen molar-refractivity contribution in [2.75, 3.05) is 7.05 Å². The average Bonchev–Trinajstić information content (AvgIpc) is 2.34. The molecule has 1 heterocycles. The van der Waals surface area contributed by atoms with Crippen molar-refractivity contribution in [2.24, 2.45) is 0 Å². The van der Waals surface area contributed by atoms with Crippen molar-refractivity contribution in [3.05, 3.63) is 52.5 Å². The molecule has 1 aromatic carbocycles. The van der Waals surface area contributed by atoms with Crippen molar-refractivity contribution in [1.29, 1.82) is 0 Å². The van der Waals surface area contributed by atoms with Gasteiger partial charge in [-0.2, -0.15) is 0 Å². The number of aromatic nitrogens is 1. The second kappa shape index (κ2) is 5.93. The Morgan fingerprint density at radius 1 is 1.39 bits per heavy atom. The molecule has 2 rings (SSSR count).